The molecule has 2 aromatic carbocycles. The fraction of sp³-hybridized carbons (Fsp3) is 0.286. The van der Waals surface area contributed by atoms with Gasteiger partial charge in [-0.15, -0.1) is 15.3 Å². The van der Waals surface area contributed by atoms with E-state index in [0.717, 1.165) is 35.9 Å². The first-order chi connectivity index (χ1) is 15.3. The molecule has 8 nitrogen and oxygen atoms in total. The maximum Gasteiger partial charge on any atom is 0.192 e. The molecule has 1 unspecified atom stereocenters. The predicted octanol–water partition coefficient (Wildman–Crippen LogP) is 3.53. The zero-order valence-electron chi connectivity index (χ0n) is 16.6. The molecule has 1 atom stereocenters. The van der Waals surface area contributed by atoms with E-state index in [9.17, 15) is 4.39 Å². The van der Waals surface area contributed by atoms with Gasteiger partial charge in [0, 0.05) is 12.2 Å². The highest BCUT2D eigenvalue weighted by molar-refractivity contribution is 7.98. The number of aromatic nitrogens is 7. The Balaban J connectivity index is 1.41. The van der Waals surface area contributed by atoms with E-state index >= 15 is 0 Å². The summed E-state index contributed by atoms with van der Waals surface area (Å²) in [5.74, 6) is 1.65. The summed E-state index contributed by atoms with van der Waals surface area (Å²) in [5, 5.41) is 21.7. The van der Waals surface area contributed by atoms with Crippen molar-refractivity contribution in [3.05, 3.63) is 66.2 Å². The van der Waals surface area contributed by atoms with Crippen LogP contribution in [0.25, 0.3) is 17.1 Å². The molecule has 0 bridgehead atoms. The summed E-state index contributed by atoms with van der Waals surface area (Å²) in [5.41, 5.74) is 1.71. The largest absolute Gasteiger partial charge is 0.376 e. The number of hydrogen-bond donors (Lipinski definition) is 0. The summed E-state index contributed by atoms with van der Waals surface area (Å²) in [6, 6.07) is 16.1. The molecule has 2 aromatic heterocycles. The van der Waals surface area contributed by atoms with Gasteiger partial charge < -0.3 is 4.74 Å². The Labute approximate surface area is 182 Å². The molecule has 4 aromatic rings. The molecule has 0 saturated carbocycles. The molecule has 1 saturated heterocycles. The smallest absolute Gasteiger partial charge is 0.192 e. The van der Waals surface area contributed by atoms with Crippen LogP contribution in [0.4, 0.5) is 4.39 Å². The lowest BCUT2D eigenvalue weighted by Gasteiger charge is -2.14. The van der Waals surface area contributed by atoms with Crippen LogP contribution in [0, 0.1) is 5.82 Å². The van der Waals surface area contributed by atoms with Gasteiger partial charge in [-0.3, -0.25) is 4.57 Å². The molecule has 0 radical (unpaired) electrons. The standard InChI is InChI=1S/C21H20FN7OS/c22-16-10-8-15(9-11-16)20-24-25-21(28(20)13-18-7-4-12-30-18)31-14-19-23-26-27-29(19)17-5-2-1-3-6-17/h1-3,5-6,8-11,18H,4,7,12-14H2. The number of nitrogens with zero attached hydrogens (tertiary/aromatic N) is 7. The molecule has 1 aliphatic rings. The lowest BCUT2D eigenvalue weighted by atomic mass is 10.2. The van der Waals surface area contributed by atoms with Crippen LogP contribution in [-0.4, -0.2) is 47.7 Å². The Morgan fingerprint density at radius 3 is 2.65 bits per heavy atom. The van der Waals surface area contributed by atoms with Crippen LogP contribution in [0.15, 0.2) is 59.8 Å². The summed E-state index contributed by atoms with van der Waals surface area (Å²) in [4.78, 5) is 0. The molecule has 3 heterocycles. The second-order valence-corrected chi connectivity index (χ2v) is 8.13. The Bertz CT molecular complexity index is 1140. The monoisotopic (exact) mass is 437 g/mol. The molecule has 0 aliphatic carbocycles. The predicted molar refractivity (Wildman–Crippen MR) is 113 cm³/mol. The third-order valence-electron chi connectivity index (χ3n) is 5.09. The van der Waals surface area contributed by atoms with Gasteiger partial charge in [0.25, 0.3) is 0 Å². The quantitative estimate of drug-likeness (QED) is 0.409. The summed E-state index contributed by atoms with van der Waals surface area (Å²) < 4.78 is 23.0. The van der Waals surface area contributed by atoms with E-state index in [1.807, 2.05) is 34.9 Å². The molecule has 0 N–H and O–H groups in total. The number of hydrogen-bond acceptors (Lipinski definition) is 7. The summed E-state index contributed by atoms with van der Waals surface area (Å²) in [7, 11) is 0. The minimum atomic E-state index is -0.281. The molecule has 10 heteroatoms. The lowest BCUT2D eigenvalue weighted by Crippen LogP contribution is -2.16. The average Bonchev–Trinajstić information content (AvgIpc) is 3.56. The topological polar surface area (TPSA) is 83.5 Å². The van der Waals surface area contributed by atoms with E-state index in [1.54, 1.807) is 16.8 Å². The Morgan fingerprint density at radius 2 is 1.87 bits per heavy atom. The lowest BCUT2D eigenvalue weighted by molar-refractivity contribution is 0.0953. The third kappa shape index (κ3) is 4.35. The molecule has 5 rings (SSSR count). The molecule has 158 valence electrons. The second kappa shape index (κ2) is 8.94. The summed E-state index contributed by atoms with van der Waals surface area (Å²) >= 11 is 1.51. The van der Waals surface area contributed by atoms with Crippen molar-refractivity contribution in [2.75, 3.05) is 6.61 Å². The van der Waals surface area contributed by atoms with Gasteiger partial charge in [0.15, 0.2) is 16.8 Å². The minimum absolute atomic E-state index is 0.115. The van der Waals surface area contributed by atoms with Crippen molar-refractivity contribution in [1.82, 2.24) is 35.0 Å². The first-order valence-corrected chi connectivity index (χ1v) is 11.0. The first-order valence-electron chi connectivity index (χ1n) is 10.0. The van der Waals surface area contributed by atoms with Crippen LogP contribution < -0.4 is 0 Å². The SMILES string of the molecule is Fc1ccc(-c2nnc(SCc3nnnn3-c3ccccc3)n2CC2CCCO2)cc1. The molecule has 31 heavy (non-hydrogen) atoms. The number of benzene rings is 2. The van der Waals surface area contributed by atoms with Crippen LogP contribution in [0.2, 0.25) is 0 Å². The van der Waals surface area contributed by atoms with Crippen LogP contribution in [0.1, 0.15) is 18.7 Å². The molecule has 0 amide bonds. The summed E-state index contributed by atoms with van der Waals surface area (Å²) in [6.07, 6.45) is 2.16. The molecule has 1 fully saturated rings. The van der Waals surface area contributed by atoms with E-state index < -0.39 is 0 Å². The van der Waals surface area contributed by atoms with Crippen molar-refractivity contribution in [1.29, 1.82) is 0 Å². The number of ether oxygens (including phenoxy) is 1. The zero-order chi connectivity index (χ0) is 21.0. The Hall–Kier alpha value is -3.11. The first kappa shape index (κ1) is 19.8. The van der Waals surface area contributed by atoms with Crippen molar-refractivity contribution < 1.29 is 9.13 Å². The molecule has 1 aliphatic heterocycles. The van der Waals surface area contributed by atoms with Gasteiger partial charge >= 0.3 is 0 Å². The fourth-order valence-electron chi connectivity index (χ4n) is 3.56. The van der Waals surface area contributed by atoms with E-state index in [0.29, 0.717) is 23.9 Å². The highest BCUT2D eigenvalue weighted by atomic mass is 32.2. The van der Waals surface area contributed by atoms with Crippen molar-refractivity contribution in [3.8, 4) is 17.1 Å². The zero-order valence-corrected chi connectivity index (χ0v) is 17.5. The maximum atomic E-state index is 13.4. The van der Waals surface area contributed by atoms with Crippen molar-refractivity contribution in [2.45, 2.75) is 36.4 Å². The van der Waals surface area contributed by atoms with Crippen LogP contribution >= 0.6 is 11.8 Å². The van der Waals surface area contributed by atoms with Gasteiger partial charge in [-0.25, -0.2) is 4.39 Å². The van der Waals surface area contributed by atoms with E-state index in [1.165, 1.54) is 23.9 Å². The summed E-state index contributed by atoms with van der Waals surface area (Å²) in [6.45, 7) is 1.42. The van der Waals surface area contributed by atoms with Crippen LogP contribution in [-0.2, 0) is 17.0 Å². The Kier molecular flexibility index (Phi) is 5.72. The number of para-hydroxylation sites is 1. The van der Waals surface area contributed by atoms with Crippen molar-refractivity contribution >= 4 is 11.8 Å². The molecule has 0 spiro atoms. The molecular formula is C21H20FN7OS. The van der Waals surface area contributed by atoms with Gasteiger partial charge in [0.2, 0.25) is 0 Å². The number of tetrazole rings is 1. The van der Waals surface area contributed by atoms with Gasteiger partial charge in [0.1, 0.15) is 5.82 Å². The van der Waals surface area contributed by atoms with Gasteiger partial charge in [-0.2, -0.15) is 4.68 Å². The second-order valence-electron chi connectivity index (χ2n) is 7.19. The number of rotatable bonds is 7. The maximum absolute atomic E-state index is 13.4. The van der Waals surface area contributed by atoms with E-state index in [2.05, 4.69) is 25.7 Å². The van der Waals surface area contributed by atoms with Gasteiger partial charge in [0.05, 0.1) is 24.1 Å². The molecular weight excluding hydrogens is 417 g/mol. The van der Waals surface area contributed by atoms with Crippen molar-refractivity contribution in [3.63, 3.8) is 0 Å². The number of thioether (sulfide) groups is 1. The Morgan fingerprint density at radius 1 is 1.03 bits per heavy atom. The fourth-order valence-corrected chi connectivity index (χ4v) is 4.41. The third-order valence-corrected chi connectivity index (χ3v) is 6.06. The van der Waals surface area contributed by atoms with E-state index in [4.69, 9.17) is 4.74 Å². The van der Waals surface area contributed by atoms with Crippen LogP contribution in [0.3, 0.4) is 0 Å². The van der Waals surface area contributed by atoms with Gasteiger partial charge in [-0.1, -0.05) is 30.0 Å². The van der Waals surface area contributed by atoms with Crippen molar-refractivity contribution in [2.24, 2.45) is 0 Å². The highest BCUT2D eigenvalue weighted by Gasteiger charge is 2.22. The highest BCUT2D eigenvalue weighted by Crippen LogP contribution is 2.28. The van der Waals surface area contributed by atoms with Crippen LogP contribution in [0.5, 0.6) is 0 Å². The normalized spacial score (nSPS) is 16.1. The average molecular weight is 438 g/mol. The number of halogens is 1. The minimum Gasteiger partial charge on any atom is -0.376 e. The van der Waals surface area contributed by atoms with E-state index in [-0.39, 0.29) is 11.9 Å². The van der Waals surface area contributed by atoms with Gasteiger partial charge in [-0.05, 0) is 59.7 Å².